The van der Waals surface area contributed by atoms with Crippen LogP contribution in [0.25, 0.3) is 0 Å². The standard InChI is InChI=1S/C18H21F2N3O2S/c19-18(20)25-16-6-2-1-5-15(16)21-17(24)13-23-9-7-22(8-10-23)12-14-4-3-11-26-14/h1-6,11,18H,7-10,12-13H2,(H,21,24). The molecule has 0 bridgehead atoms. The number of rotatable bonds is 7. The molecule has 1 aliphatic heterocycles. The summed E-state index contributed by atoms with van der Waals surface area (Å²) in [5.41, 5.74) is 0.258. The minimum atomic E-state index is -2.93. The molecule has 5 nitrogen and oxygen atoms in total. The Morgan fingerprint density at radius 1 is 1.12 bits per heavy atom. The number of ether oxygens (including phenoxy) is 1. The molecule has 140 valence electrons. The molecule has 1 aromatic carbocycles. The lowest BCUT2D eigenvalue weighted by Gasteiger charge is -2.34. The van der Waals surface area contributed by atoms with Crippen molar-refractivity contribution in [1.29, 1.82) is 0 Å². The number of halogens is 2. The third-order valence-electron chi connectivity index (χ3n) is 4.17. The second-order valence-corrected chi connectivity index (χ2v) is 7.09. The second kappa shape index (κ2) is 9.07. The van der Waals surface area contributed by atoms with Gasteiger partial charge in [0.15, 0.2) is 0 Å². The summed E-state index contributed by atoms with van der Waals surface area (Å²) < 4.78 is 29.3. The van der Waals surface area contributed by atoms with Crippen LogP contribution in [0.15, 0.2) is 41.8 Å². The first-order chi connectivity index (χ1) is 12.6. The van der Waals surface area contributed by atoms with Crippen molar-refractivity contribution in [3.8, 4) is 5.75 Å². The molecule has 1 aliphatic rings. The molecule has 1 fully saturated rings. The first-order valence-corrected chi connectivity index (χ1v) is 9.29. The Morgan fingerprint density at radius 2 is 1.85 bits per heavy atom. The molecule has 0 aliphatic carbocycles. The van der Waals surface area contributed by atoms with E-state index in [2.05, 4.69) is 37.4 Å². The normalized spacial score (nSPS) is 16.0. The molecule has 0 atom stereocenters. The number of hydrogen-bond acceptors (Lipinski definition) is 5. The average Bonchev–Trinajstić information content (AvgIpc) is 3.11. The third kappa shape index (κ3) is 5.48. The largest absolute Gasteiger partial charge is 0.433 e. The fourth-order valence-electron chi connectivity index (χ4n) is 2.89. The van der Waals surface area contributed by atoms with Gasteiger partial charge < -0.3 is 10.1 Å². The highest BCUT2D eigenvalue weighted by Crippen LogP contribution is 2.25. The van der Waals surface area contributed by atoms with Gasteiger partial charge in [0.1, 0.15) is 5.75 Å². The molecular formula is C18H21F2N3O2S. The van der Waals surface area contributed by atoms with Crippen LogP contribution < -0.4 is 10.1 Å². The Bertz CT molecular complexity index is 704. The Hall–Kier alpha value is -2.03. The molecule has 0 saturated carbocycles. The van der Waals surface area contributed by atoms with Gasteiger partial charge in [0.05, 0.1) is 12.2 Å². The van der Waals surface area contributed by atoms with Crippen LogP contribution in [0.3, 0.4) is 0 Å². The number of nitrogens with zero attached hydrogens (tertiary/aromatic N) is 2. The monoisotopic (exact) mass is 381 g/mol. The van der Waals surface area contributed by atoms with Crippen molar-refractivity contribution in [2.75, 3.05) is 38.0 Å². The number of carbonyl (C=O) groups excluding carboxylic acids is 1. The first-order valence-electron chi connectivity index (χ1n) is 8.41. The molecule has 1 N–H and O–H groups in total. The molecular weight excluding hydrogens is 360 g/mol. The van der Waals surface area contributed by atoms with E-state index in [9.17, 15) is 13.6 Å². The highest BCUT2D eigenvalue weighted by atomic mass is 32.1. The van der Waals surface area contributed by atoms with Crippen LogP contribution >= 0.6 is 11.3 Å². The summed E-state index contributed by atoms with van der Waals surface area (Å²) in [6.07, 6.45) is 0. The van der Waals surface area contributed by atoms with Crippen molar-refractivity contribution in [2.24, 2.45) is 0 Å². The van der Waals surface area contributed by atoms with Crippen molar-refractivity contribution >= 4 is 22.9 Å². The SMILES string of the molecule is O=C(CN1CCN(Cc2cccs2)CC1)Nc1ccccc1OC(F)F. The van der Waals surface area contributed by atoms with Gasteiger partial charge in [0.25, 0.3) is 0 Å². The molecule has 0 spiro atoms. The number of carbonyl (C=O) groups is 1. The van der Waals surface area contributed by atoms with Crippen LogP contribution in [-0.2, 0) is 11.3 Å². The maximum absolute atomic E-state index is 12.4. The predicted molar refractivity (Wildman–Crippen MR) is 97.7 cm³/mol. The van der Waals surface area contributed by atoms with Gasteiger partial charge in [0.2, 0.25) is 5.91 Å². The van der Waals surface area contributed by atoms with E-state index in [-0.39, 0.29) is 23.9 Å². The number of thiophene rings is 1. The van der Waals surface area contributed by atoms with Crippen molar-refractivity contribution in [2.45, 2.75) is 13.2 Å². The zero-order valence-corrected chi connectivity index (χ0v) is 15.1. The van der Waals surface area contributed by atoms with Crippen LogP contribution in [0.2, 0.25) is 0 Å². The summed E-state index contributed by atoms with van der Waals surface area (Å²) >= 11 is 1.75. The van der Waals surface area contributed by atoms with Gasteiger partial charge in [-0.25, -0.2) is 0 Å². The summed E-state index contributed by atoms with van der Waals surface area (Å²) in [5, 5.41) is 4.73. The van der Waals surface area contributed by atoms with E-state index >= 15 is 0 Å². The van der Waals surface area contributed by atoms with Crippen molar-refractivity contribution in [3.05, 3.63) is 46.7 Å². The van der Waals surface area contributed by atoms with Crippen molar-refractivity contribution in [1.82, 2.24) is 9.80 Å². The molecule has 1 saturated heterocycles. The molecule has 1 amide bonds. The molecule has 3 rings (SSSR count). The van der Waals surface area contributed by atoms with Gasteiger partial charge in [-0.3, -0.25) is 14.6 Å². The number of amides is 1. The third-order valence-corrected chi connectivity index (χ3v) is 5.03. The van der Waals surface area contributed by atoms with E-state index in [4.69, 9.17) is 0 Å². The van der Waals surface area contributed by atoms with Crippen molar-refractivity contribution < 1.29 is 18.3 Å². The Balaban J connectivity index is 1.46. The number of para-hydroxylation sites is 2. The highest BCUT2D eigenvalue weighted by molar-refractivity contribution is 7.09. The molecule has 8 heteroatoms. The fraction of sp³-hybridized carbons (Fsp3) is 0.389. The van der Waals surface area contributed by atoms with E-state index in [0.29, 0.717) is 0 Å². The Labute approximate surface area is 155 Å². The van der Waals surface area contributed by atoms with Gasteiger partial charge in [0, 0.05) is 37.6 Å². The minimum Gasteiger partial charge on any atom is -0.433 e. The molecule has 1 aromatic heterocycles. The van der Waals surface area contributed by atoms with E-state index in [1.165, 1.54) is 10.9 Å². The highest BCUT2D eigenvalue weighted by Gasteiger charge is 2.20. The summed E-state index contributed by atoms with van der Waals surface area (Å²) in [6.45, 7) is 1.64. The minimum absolute atomic E-state index is 0.0309. The lowest BCUT2D eigenvalue weighted by Crippen LogP contribution is -2.48. The van der Waals surface area contributed by atoms with Gasteiger partial charge in [-0.2, -0.15) is 8.78 Å². The van der Waals surface area contributed by atoms with Crippen LogP contribution in [0, 0.1) is 0 Å². The van der Waals surface area contributed by atoms with Gasteiger partial charge in [-0.05, 0) is 23.6 Å². The van der Waals surface area contributed by atoms with Gasteiger partial charge >= 0.3 is 6.61 Å². The predicted octanol–water partition coefficient (Wildman–Crippen LogP) is 3.11. The Kier molecular flexibility index (Phi) is 6.54. The van der Waals surface area contributed by atoms with Crippen LogP contribution in [0.4, 0.5) is 14.5 Å². The number of alkyl halides is 2. The van der Waals surface area contributed by atoms with E-state index < -0.39 is 6.61 Å². The van der Waals surface area contributed by atoms with Gasteiger partial charge in [-0.1, -0.05) is 18.2 Å². The second-order valence-electron chi connectivity index (χ2n) is 6.05. The number of piperazine rings is 1. The zero-order valence-electron chi connectivity index (χ0n) is 14.2. The van der Waals surface area contributed by atoms with Crippen LogP contribution in [0.5, 0.6) is 5.75 Å². The van der Waals surface area contributed by atoms with E-state index in [0.717, 1.165) is 32.7 Å². The maximum atomic E-state index is 12.4. The molecule has 2 aromatic rings. The number of anilines is 1. The molecule has 0 unspecified atom stereocenters. The number of nitrogens with one attached hydrogen (secondary N) is 1. The summed E-state index contributed by atoms with van der Waals surface area (Å²) in [4.78, 5) is 18.0. The molecule has 0 radical (unpaired) electrons. The van der Waals surface area contributed by atoms with Crippen molar-refractivity contribution in [3.63, 3.8) is 0 Å². The smallest absolute Gasteiger partial charge is 0.387 e. The first kappa shape index (κ1) is 18.8. The lowest BCUT2D eigenvalue weighted by molar-refractivity contribution is -0.117. The topological polar surface area (TPSA) is 44.8 Å². The molecule has 2 heterocycles. The number of hydrogen-bond donors (Lipinski definition) is 1. The zero-order chi connectivity index (χ0) is 18.4. The summed E-state index contributed by atoms with van der Waals surface area (Å²) in [6, 6.07) is 10.4. The Morgan fingerprint density at radius 3 is 2.54 bits per heavy atom. The average molecular weight is 381 g/mol. The quantitative estimate of drug-likeness (QED) is 0.801. The maximum Gasteiger partial charge on any atom is 0.387 e. The summed E-state index contributed by atoms with van der Waals surface area (Å²) in [7, 11) is 0. The molecule has 26 heavy (non-hydrogen) atoms. The van der Waals surface area contributed by atoms with Gasteiger partial charge in [-0.15, -0.1) is 11.3 Å². The fourth-order valence-corrected chi connectivity index (χ4v) is 3.64. The van der Waals surface area contributed by atoms with Crippen LogP contribution in [0.1, 0.15) is 4.88 Å². The van der Waals surface area contributed by atoms with Crippen LogP contribution in [-0.4, -0.2) is 55.0 Å². The number of benzene rings is 1. The summed E-state index contributed by atoms with van der Waals surface area (Å²) in [5.74, 6) is -0.265. The lowest BCUT2D eigenvalue weighted by atomic mass is 10.2. The van der Waals surface area contributed by atoms with E-state index in [1.54, 1.807) is 29.5 Å². The van der Waals surface area contributed by atoms with E-state index in [1.807, 2.05) is 0 Å².